The number of ketones is 2. The summed E-state index contributed by atoms with van der Waals surface area (Å²) in [6, 6.07) is 0. The van der Waals surface area contributed by atoms with E-state index in [9.17, 15) is 9.59 Å². The molecule has 4 heteroatoms. The number of Topliss-reactive ketones (excluding diaryl/α,β-unsaturated/α-hetero) is 2. The molecule has 0 unspecified atom stereocenters. The van der Waals surface area contributed by atoms with Crippen LogP contribution < -0.4 is 0 Å². The monoisotopic (exact) mass is 150 g/mol. The number of rotatable bonds is 1. The first-order valence-corrected chi connectivity index (χ1v) is 1.66. The average Bonchev–Trinajstić information content (AvgIpc) is 1.36. The first-order chi connectivity index (χ1) is 2.64. The minimum atomic E-state index is -0.380. The van der Waals surface area contributed by atoms with E-state index in [2.05, 4.69) is 0 Å². The van der Waals surface area contributed by atoms with E-state index < -0.39 is 0 Å². The second-order valence-electron chi connectivity index (χ2n) is 1.11. The van der Waals surface area contributed by atoms with Crippen molar-refractivity contribution in [2.45, 2.75) is 13.8 Å². The standard InChI is InChI=1S/C4H6O2.O.Ti/c1-3(5)4(2)6;;/h1-2H3;;/q;-2;+2. The maximum absolute atomic E-state index is 9.79. The van der Waals surface area contributed by atoms with E-state index in [1.165, 1.54) is 13.8 Å². The van der Waals surface area contributed by atoms with E-state index in [4.69, 9.17) is 0 Å². The summed E-state index contributed by atoms with van der Waals surface area (Å²) in [6.45, 7) is 2.50. The van der Waals surface area contributed by atoms with Crippen LogP contribution in [0.2, 0.25) is 0 Å². The molecule has 0 aliphatic heterocycles. The van der Waals surface area contributed by atoms with Crippen molar-refractivity contribution in [2.75, 3.05) is 0 Å². The molecule has 0 amide bonds. The molecule has 44 valence electrons. The Bertz CT molecular complexity index is 77.3. The molecule has 0 aromatic carbocycles. The van der Waals surface area contributed by atoms with Crippen LogP contribution in [-0.4, -0.2) is 11.6 Å². The Morgan fingerprint density at radius 2 is 1.12 bits per heavy atom. The smallest absolute Gasteiger partial charge is 2.00 e. The third-order valence-corrected chi connectivity index (χ3v) is 0.496. The Labute approximate surface area is 62.6 Å². The molecule has 0 aromatic heterocycles. The van der Waals surface area contributed by atoms with Gasteiger partial charge in [0.2, 0.25) is 0 Å². The van der Waals surface area contributed by atoms with Crippen LogP contribution in [0.5, 0.6) is 0 Å². The zero-order chi connectivity index (χ0) is 5.15. The van der Waals surface area contributed by atoms with Gasteiger partial charge in [0.25, 0.3) is 0 Å². The van der Waals surface area contributed by atoms with Crippen LogP contribution in [0.15, 0.2) is 0 Å². The molecular formula is C4H6O3Ti. The quantitative estimate of drug-likeness (QED) is 0.391. The Hall–Kier alpha value is 0.0143. The second kappa shape index (κ2) is 7.01. The summed E-state index contributed by atoms with van der Waals surface area (Å²) in [7, 11) is 0. The van der Waals surface area contributed by atoms with Crippen molar-refractivity contribution in [2.24, 2.45) is 0 Å². The summed E-state index contributed by atoms with van der Waals surface area (Å²) >= 11 is 0. The summed E-state index contributed by atoms with van der Waals surface area (Å²) in [5.41, 5.74) is 0. The number of carbonyl (C=O) groups is 2. The zero-order valence-corrected chi connectivity index (χ0v) is 6.29. The number of carbonyl (C=O) groups excluding carboxylic acids is 2. The molecule has 0 rings (SSSR count). The van der Waals surface area contributed by atoms with Gasteiger partial charge < -0.3 is 5.48 Å². The molecule has 0 saturated carbocycles. The largest absolute Gasteiger partial charge is 2.00 e. The van der Waals surface area contributed by atoms with E-state index in [1.54, 1.807) is 0 Å². The second-order valence-corrected chi connectivity index (χ2v) is 1.11. The van der Waals surface area contributed by atoms with Gasteiger partial charge in [0.05, 0.1) is 0 Å². The van der Waals surface area contributed by atoms with Gasteiger partial charge in [-0.2, -0.15) is 0 Å². The van der Waals surface area contributed by atoms with E-state index in [0.29, 0.717) is 0 Å². The van der Waals surface area contributed by atoms with Gasteiger partial charge in [-0.05, 0) is 0 Å². The number of hydrogen-bond donors (Lipinski definition) is 0. The molecule has 8 heavy (non-hydrogen) atoms. The van der Waals surface area contributed by atoms with Crippen LogP contribution in [0.1, 0.15) is 13.8 Å². The molecule has 0 saturated heterocycles. The summed E-state index contributed by atoms with van der Waals surface area (Å²) < 4.78 is 0. The van der Waals surface area contributed by atoms with Crippen LogP contribution in [0, 0.1) is 0 Å². The van der Waals surface area contributed by atoms with Gasteiger partial charge >= 0.3 is 21.7 Å². The van der Waals surface area contributed by atoms with Crippen molar-refractivity contribution in [3.63, 3.8) is 0 Å². The van der Waals surface area contributed by atoms with Crippen LogP contribution in [-0.2, 0) is 36.8 Å². The van der Waals surface area contributed by atoms with Crippen molar-refractivity contribution in [3.05, 3.63) is 0 Å². The summed E-state index contributed by atoms with van der Waals surface area (Å²) in [6.07, 6.45) is 0. The first-order valence-electron chi connectivity index (χ1n) is 1.66. The van der Waals surface area contributed by atoms with Crippen molar-refractivity contribution in [1.82, 2.24) is 0 Å². The molecule has 3 nitrogen and oxygen atoms in total. The minimum Gasteiger partial charge on any atom is -2.00 e. The van der Waals surface area contributed by atoms with E-state index in [-0.39, 0.29) is 38.8 Å². The maximum Gasteiger partial charge on any atom is 2.00 e. The summed E-state index contributed by atoms with van der Waals surface area (Å²) in [5.74, 6) is -0.759. The Balaban J connectivity index is -0.000000125. The molecule has 0 heterocycles. The van der Waals surface area contributed by atoms with Crippen LogP contribution >= 0.6 is 0 Å². The predicted octanol–water partition coefficient (Wildman–Crippen LogP) is 0.0431. The van der Waals surface area contributed by atoms with Crippen molar-refractivity contribution >= 4 is 11.6 Å². The zero-order valence-electron chi connectivity index (χ0n) is 4.72. The van der Waals surface area contributed by atoms with Gasteiger partial charge in [0.1, 0.15) is 0 Å². The number of hydrogen-bond acceptors (Lipinski definition) is 2. The third kappa shape index (κ3) is 9.38. The molecule has 0 aromatic rings. The van der Waals surface area contributed by atoms with Gasteiger partial charge in [0, 0.05) is 13.8 Å². The summed E-state index contributed by atoms with van der Waals surface area (Å²) in [4.78, 5) is 19.6. The molecule has 0 fully saturated rings. The van der Waals surface area contributed by atoms with Crippen LogP contribution in [0.4, 0.5) is 0 Å². The van der Waals surface area contributed by atoms with Crippen LogP contribution in [0.3, 0.4) is 0 Å². The molecule has 0 aliphatic carbocycles. The maximum atomic E-state index is 9.79. The van der Waals surface area contributed by atoms with E-state index in [1.807, 2.05) is 0 Å². The van der Waals surface area contributed by atoms with Gasteiger partial charge in [-0.3, -0.25) is 9.59 Å². The fraction of sp³-hybridized carbons (Fsp3) is 0.500. The van der Waals surface area contributed by atoms with E-state index >= 15 is 0 Å². The van der Waals surface area contributed by atoms with Crippen molar-refractivity contribution in [3.8, 4) is 0 Å². The first kappa shape index (κ1) is 15.7. The average molecular weight is 150 g/mol. The molecule has 0 atom stereocenters. The van der Waals surface area contributed by atoms with Crippen LogP contribution in [0.25, 0.3) is 0 Å². The molecular weight excluding hydrogens is 144 g/mol. The van der Waals surface area contributed by atoms with Gasteiger partial charge in [-0.15, -0.1) is 0 Å². The predicted molar refractivity (Wildman–Crippen MR) is 22.0 cm³/mol. The molecule has 0 N–H and O–H groups in total. The Morgan fingerprint density at radius 1 is 1.00 bits per heavy atom. The molecule has 0 spiro atoms. The molecule has 0 bridgehead atoms. The molecule has 0 aliphatic rings. The van der Waals surface area contributed by atoms with E-state index in [0.717, 1.165) is 0 Å². The van der Waals surface area contributed by atoms with Gasteiger partial charge in [0.15, 0.2) is 11.6 Å². The normalized spacial score (nSPS) is 5.75. The van der Waals surface area contributed by atoms with Crippen molar-refractivity contribution < 1.29 is 36.8 Å². The fourth-order valence-electron chi connectivity index (χ4n) is 0. The van der Waals surface area contributed by atoms with Gasteiger partial charge in [-0.25, -0.2) is 0 Å². The summed E-state index contributed by atoms with van der Waals surface area (Å²) in [5, 5.41) is 0. The minimum absolute atomic E-state index is 0. The molecule has 0 radical (unpaired) electrons. The van der Waals surface area contributed by atoms with Gasteiger partial charge in [-0.1, -0.05) is 0 Å². The SMILES string of the molecule is CC(=O)C(C)=O.[O-2].[Ti+2]. The third-order valence-electron chi connectivity index (χ3n) is 0.496. The Kier molecular flexibility index (Phi) is 13.8. The fourth-order valence-corrected chi connectivity index (χ4v) is 0. The Morgan fingerprint density at radius 3 is 1.12 bits per heavy atom. The van der Waals surface area contributed by atoms with Crippen molar-refractivity contribution in [1.29, 1.82) is 0 Å². The topological polar surface area (TPSA) is 62.6 Å².